The summed E-state index contributed by atoms with van der Waals surface area (Å²) in [7, 11) is 0. The molecule has 0 aliphatic rings. The molecule has 0 aliphatic carbocycles. The smallest absolute Gasteiger partial charge is 0.336 e. The SMILES string of the molecule is Cc1cc(=O)oc2cc(OCC(=O)NC(C(=O)O)C(C)O)ccc12. The molecule has 2 unspecified atom stereocenters. The van der Waals surface area contributed by atoms with Crippen molar-refractivity contribution >= 4 is 22.8 Å². The van der Waals surface area contributed by atoms with Gasteiger partial charge in [-0.25, -0.2) is 9.59 Å². The number of rotatable bonds is 6. The Kier molecular flexibility index (Phi) is 5.20. The number of amides is 1. The van der Waals surface area contributed by atoms with Gasteiger partial charge in [-0.1, -0.05) is 0 Å². The van der Waals surface area contributed by atoms with Crippen LogP contribution in [0.2, 0.25) is 0 Å². The molecule has 0 bridgehead atoms. The fourth-order valence-corrected chi connectivity index (χ4v) is 2.15. The lowest BCUT2D eigenvalue weighted by atomic mass is 10.1. The summed E-state index contributed by atoms with van der Waals surface area (Å²) >= 11 is 0. The fourth-order valence-electron chi connectivity index (χ4n) is 2.15. The molecule has 0 saturated heterocycles. The lowest BCUT2D eigenvalue weighted by molar-refractivity contribution is -0.145. The van der Waals surface area contributed by atoms with Crippen LogP contribution in [-0.4, -0.2) is 40.8 Å². The van der Waals surface area contributed by atoms with Crippen LogP contribution in [0.4, 0.5) is 0 Å². The van der Waals surface area contributed by atoms with Crippen molar-refractivity contribution in [3.63, 3.8) is 0 Å². The van der Waals surface area contributed by atoms with Crippen LogP contribution in [0.15, 0.2) is 33.5 Å². The highest BCUT2D eigenvalue weighted by molar-refractivity contribution is 5.85. The second kappa shape index (κ2) is 7.14. The summed E-state index contributed by atoms with van der Waals surface area (Å²) in [5, 5.41) is 21.1. The molecule has 1 aromatic heterocycles. The van der Waals surface area contributed by atoms with Crippen molar-refractivity contribution in [1.82, 2.24) is 5.32 Å². The molecule has 8 heteroatoms. The molecule has 0 radical (unpaired) electrons. The van der Waals surface area contributed by atoms with Gasteiger partial charge in [0.05, 0.1) is 6.10 Å². The highest BCUT2D eigenvalue weighted by Crippen LogP contribution is 2.22. The van der Waals surface area contributed by atoms with Gasteiger partial charge < -0.3 is 24.7 Å². The quantitative estimate of drug-likeness (QED) is 0.653. The molecule has 2 rings (SSSR count). The first kappa shape index (κ1) is 17.5. The molecular weight excluding hydrogens is 318 g/mol. The molecule has 128 valence electrons. The monoisotopic (exact) mass is 335 g/mol. The van der Waals surface area contributed by atoms with Gasteiger partial charge in [0.2, 0.25) is 0 Å². The van der Waals surface area contributed by atoms with E-state index in [4.69, 9.17) is 14.3 Å². The molecule has 2 atom stereocenters. The van der Waals surface area contributed by atoms with Crippen LogP contribution < -0.4 is 15.7 Å². The van der Waals surface area contributed by atoms with Gasteiger partial charge in [-0.05, 0) is 31.5 Å². The van der Waals surface area contributed by atoms with E-state index in [1.54, 1.807) is 19.1 Å². The van der Waals surface area contributed by atoms with Crippen molar-refractivity contribution < 1.29 is 29.0 Å². The summed E-state index contributed by atoms with van der Waals surface area (Å²) < 4.78 is 10.3. The summed E-state index contributed by atoms with van der Waals surface area (Å²) in [6.07, 6.45) is -1.25. The first-order valence-electron chi connectivity index (χ1n) is 7.15. The van der Waals surface area contributed by atoms with Crippen LogP contribution >= 0.6 is 0 Å². The third kappa shape index (κ3) is 4.11. The van der Waals surface area contributed by atoms with Crippen molar-refractivity contribution in [2.45, 2.75) is 26.0 Å². The predicted molar refractivity (Wildman–Crippen MR) is 84.0 cm³/mol. The van der Waals surface area contributed by atoms with Crippen LogP contribution in [0.3, 0.4) is 0 Å². The normalized spacial score (nSPS) is 13.3. The zero-order valence-corrected chi connectivity index (χ0v) is 13.1. The number of carboxylic acids is 1. The van der Waals surface area contributed by atoms with E-state index in [9.17, 15) is 19.5 Å². The molecule has 0 fully saturated rings. The standard InChI is InChI=1S/C16H17NO7/c1-8-5-14(20)24-12-6-10(3-4-11(8)12)23-7-13(19)17-15(9(2)18)16(21)22/h3-6,9,15,18H,7H2,1-2H3,(H,17,19)(H,21,22). The van der Waals surface area contributed by atoms with Gasteiger partial charge in [0.25, 0.3) is 5.91 Å². The highest BCUT2D eigenvalue weighted by Gasteiger charge is 2.25. The van der Waals surface area contributed by atoms with Crippen LogP contribution in [0, 0.1) is 6.92 Å². The van der Waals surface area contributed by atoms with Crippen LogP contribution in [0.5, 0.6) is 5.75 Å². The number of nitrogens with one attached hydrogen (secondary N) is 1. The average molecular weight is 335 g/mol. The molecule has 2 aromatic rings. The van der Waals surface area contributed by atoms with Crippen molar-refractivity contribution in [2.24, 2.45) is 0 Å². The van der Waals surface area contributed by atoms with Crippen molar-refractivity contribution in [1.29, 1.82) is 0 Å². The van der Waals surface area contributed by atoms with E-state index in [1.807, 2.05) is 0 Å². The van der Waals surface area contributed by atoms with Gasteiger partial charge >= 0.3 is 11.6 Å². The third-order valence-electron chi connectivity index (χ3n) is 3.36. The number of benzene rings is 1. The van der Waals surface area contributed by atoms with Gasteiger partial charge in [0.1, 0.15) is 11.3 Å². The van der Waals surface area contributed by atoms with Gasteiger partial charge in [0, 0.05) is 17.5 Å². The summed E-state index contributed by atoms with van der Waals surface area (Å²) in [4.78, 5) is 34.0. The van der Waals surface area contributed by atoms with E-state index in [0.29, 0.717) is 5.58 Å². The molecular formula is C16H17NO7. The van der Waals surface area contributed by atoms with Crippen molar-refractivity contribution in [3.8, 4) is 5.75 Å². The molecule has 1 amide bonds. The Balaban J connectivity index is 2.06. The number of aliphatic carboxylic acids is 1. The van der Waals surface area contributed by atoms with Crippen molar-refractivity contribution in [2.75, 3.05) is 6.61 Å². The summed E-state index contributed by atoms with van der Waals surface area (Å²) in [5.74, 6) is -1.76. The zero-order valence-electron chi connectivity index (χ0n) is 13.1. The average Bonchev–Trinajstić information content (AvgIpc) is 2.49. The number of carbonyl (C=O) groups excluding carboxylic acids is 1. The minimum Gasteiger partial charge on any atom is -0.484 e. The van der Waals surface area contributed by atoms with Gasteiger partial charge in [0.15, 0.2) is 12.6 Å². The lowest BCUT2D eigenvalue weighted by Gasteiger charge is -2.17. The topological polar surface area (TPSA) is 126 Å². The Morgan fingerprint density at radius 2 is 2.04 bits per heavy atom. The second-order valence-electron chi connectivity index (χ2n) is 5.32. The second-order valence-corrected chi connectivity index (χ2v) is 5.32. The van der Waals surface area contributed by atoms with E-state index < -0.39 is 36.3 Å². The Hall–Kier alpha value is -2.87. The molecule has 8 nitrogen and oxygen atoms in total. The number of carboxylic acid groups (broad SMARTS) is 1. The molecule has 1 aromatic carbocycles. The van der Waals surface area contributed by atoms with Gasteiger partial charge in [-0.3, -0.25) is 4.79 Å². The largest absolute Gasteiger partial charge is 0.484 e. The summed E-state index contributed by atoms with van der Waals surface area (Å²) in [6.45, 7) is 2.58. The Morgan fingerprint density at radius 1 is 1.33 bits per heavy atom. The molecule has 1 heterocycles. The van der Waals surface area contributed by atoms with E-state index in [-0.39, 0.29) is 5.75 Å². The Morgan fingerprint density at radius 3 is 2.67 bits per heavy atom. The Labute approximate surface area is 136 Å². The van der Waals surface area contributed by atoms with E-state index in [1.165, 1.54) is 19.1 Å². The van der Waals surface area contributed by atoms with Gasteiger partial charge in [-0.15, -0.1) is 0 Å². The van der Waals surface area contributed by atoms with Crippen LogP contribution in [-0.2, 0) is 9.59 Å². The highest BCUT2D eigenvalue weighted by atomic mass is 16.5. The number of carbonyl (C=O) groups is 2. The number of aliphatic hydroxyl groups excluding tert-OH is 1. The Bertz CT molecular complexity index is 825. The minimum atomic E-state index is -1.42. The number of fused-ring (bicyclic) bond motifs is 1. The fraction of sp³-hybridized carbons (Fsp3) is 0.312. The predicted octanol–water partition coefficient (Wildman–Crippen LogP) is 0.430. The molecule has 0 saturated carbocycles. The first-order valence-corrected chi connectivity index (χ1v) is 7.15. The van der Waals surface area contributed by atoms with Crippen LogP contribution in [0.25, 0.3) is 11.0 Å². The third-order valence-corrected chi connectivity index (χ3v) is 3.36. The number of hydrogen-bond donors (Lipinski definition) is 3. The van der Waals surface area contributed by atoms with E-state index >= 15 is 0 Å². The first-order chi connectivity index (χ1) is 11.3. The van der Waals surface area contributed by atoms with Crippen molar-refractivity contribution in [3.05, 3.63) is 40.2 Å². The molecule has 0 spiro atoms. The number of aryl methyl sites for hydroxylation is 1. The van der Waals surface area contributed by atoms with E-state index in [0.717, 1.165) is 10.9 Å². The maximum Gasteiger partial charge on any atom is 0.336 e. The summed E-state index contributed by atoms with van der Waals surface area (Å²) in [5.41, 5.74) is 0.591. The molecule has 24 heavy (non-hydrogen) atoms. The summed E-state index contributed by atoms with van der Waals surface area (Å²) in [6, 6.07) is 4.72. The minimum absolute atomic E-state index is 0.287. The number of ether oxygens (including phenoxy) is 1. The maximum absolute atomic E-state index is 11.7. The lowest BCUT2D eigenvalue weighted by Crippen LogP contribution is -2.49. The molecule has 0 aliphatic heterocycles. The van der Waals surface area contributed by atoms with E-state index in [2.05, 4.69) is 5.32 Å². The number of hydrogen-bond acceptors (Lipinski definition) is 6. The zero-order chi connectivity index (χ0) is 17.9. The van der Waals surface area contributed by atoms with Crippen LogP contribution in [0.1, 0.15) is 12.5 Å². The van der Waals surface area contributed by atoms with Gasteiger partial charge in [-0.2, -0.15) is 0 Å². The molecule has 3 N–H and O–H groups in total. The number of aliphatic hydroxyl groups is 1. The maximum atomic E-state index is 11.7.